The Kier molecular flexibility index (Phi) is 5.80. The van der Waals surface area contributed by atoms with Gasteiger partial charge in [0.1, 0.15) is 5.54 Å². The minimum atomic E-state index is -0.846. The van der Waals surface area contributed by atoms with Gasteiger partial charge in [0, 0.05) is 11.0 Å². The van der Waals surface area contributed by atoms with Gasteiger partial charge in [-0.1, -0.05) is 19.8 Å². The molecule has 0 aromatic carbocycles. The van der Waals surface area contributed by atoms with E-state index in [1.807, 2.05) is 18.7 Å². The van der Waals surface area contributed by atoms with Gasteiger partial charge in [0.05, 0.1) is 6.61 Å². The van der Waals surface area contributed by atoms with Gasteiger partial charge in [-0.3, -0.25) is 4.79 Å². The molecule has 3 unspecified atom stereocenters. The molecule has 0 amide bonds. The highest BCUT2D eigenvalue weighted by molar-refractivity contribution is 8.00. The first-order valence-corrected chi connectivity index (χ1v) is 7.58. The zero-order chi connectivity index (χ0) is 12.9. The number of nitrogens with two attached hydrogens (primary N) is 1. The van der Waals surface area contributed by atoms with Crippen molar-refractivity contribution in [2.24, 2.45) is 11.7 Å². The Morgan fingerprint density at radius 1 is 1.53 bits per heavy atom. The lowest BCUT2D eigenvalue weighted by Crippen LogP contribution is -2.49. The molecule has 0 spiro atoms. The van der Waals surface area contributed by atoms with E-state index in [0.717, 1.165) is 5.92 Å². The number of esters is 1. The molecule has 17 heavy (non-hydrogen) atoms. The van der Waals surface area contributed by atoms with Gasteiger partial charge in [-0.2, -0.15) is 11.8 Å². The molecule has 0 bridgehead atoms. The summed E-state index contributed by atoms with van der Waals surface area (Å²) in [6.07, 6.45) is 5.16. The van der Waals surface area contributed by atoms with Crippen molar-refractivity contribution in [3.05, 3.63) is 0 Å². The number of rotatable bonds is 5. The SMILES string of the molecule is CCOC(=O)C(C)(N)CSC1CCCC(C)C1. The van der Waals surface area contributed by atoms with Crippen LogP contribution in [0.25, 0.3) is 0 Å². The van der Waals surface area contributed by atoms with E-state index in [1.165, 1.54) is 25.7 Å². The molecule has 3 nitrogen and oxygen atoms in total. The van der Waals surface area contributed by atoms with Crippen LogP contribution >= 0.6 is 11.8 Å². The molecule has 1 rings (SSSR count). The van der Waals surface area contributed by atoms with Crippen molar-refractivity contribution >= 4 is 17.7 Å². The van der Waals surface area contributed by atoms with E-state index in [1.54, 1.807) is 6.92 Å². The molecule has 0 saturated heterocycles. The third-order valence-corrected chi connectivity index (χ3v) is 4.91. The van der Waals surface area contributed by atoms with Crippen molar-refractivity contribution in [3.8, 4) is 0 Å². The summed E-state index contributed by atoms with van der Waals surface area (Å²) in [5.41, 5.74) is 5.16. The fourth-order valence-electron chi connectivity index (χ4n) is 2.18. The van der Waals surface area contributed by atoms with E-state index in [0.29, 0.717) is 17.6 Å². The third kappa shape index (κ3) is 4.88. The average Bonchev–Trinajstić information content (AvgIpc) is 2.27. The molecule has 2 N–H and O–H groups in total. The Morgan fingerprint density at radius 2 is 2.24 bits per heavy atom. The molecule has 0 aromatic heterocycles. The van der Waals surface area contributed by atoms with Crippen LogP contribution in [0.15, 0.2) is 0 Å². The van der Waals surface area contributed by atoms with Crippen LogP contribution in [0, 0.1) is 5.92 Å². The molecule has 1 aliphatic carbocycles. The van der Waals surface area contributed by atoms with Crippen LogP contribution in [0.2, 0.25) is 0 Å². The van der Waals surface area contributed by atoms with Crippen LogP contribution in [0.1, 0.15) is 46.5 Å². The summed E-state index contributed by atoms with van der Waals surface area (Å²) < 4.78 is 4.99. The average molecular weight is 259 g/mol. The number of carbonyl (C=O) groups excluding carboxylic acids is 1. The van der Waals surface area contributed by atoms with Crippen LogP contribution in [0.3, 0.4) is 0 Å². The van der Waals surface area contributed by atoms with E-state index < -0.39 is 5.54 Å². The van der Waals surface area contributed by atoms with Crippen LogP contribution < -0.4 is 5.73 Å². The van der Waals surface area contributed by atoms with E-state index in [4.69, 9.17) is 10.5 Å². The number of ether oxygens (including phenoxy) is 1. The summed E-state index contributed by atoms with van der Waals surface area (Å²) in [5.74, 6) is 1.19. The molecule has 1 fully saturated rings. The van der Waals surface area contributed by atoms with Gasteiger partial charge in [-0.05, 0) is 32.6 Å². The first-order valence-electron chi connectivity index (χ1n) is 6.53. The molecule has 0 heterocycles. The van der Waals surface area contributed by atoms with E-state index >= 15 is 0 Å². The molecular weight excluding hydrogens is 234 g/mol. The number of hydrogen-bond acceptors (Lipinski definition) is 4. The van der Waals surface area contributed by atoms with Crippen molar-refractivity contribution < 1.29 is 9.53 Å². The maximum Gasteiger partial charge on any atom is 0.326 e. The summed E-state index contributed by atoms with van der Waals surface area (Å²) in [6.45, 7) is 6.28. The lowest BCUT2D eigenvalue weighted by atomic mass is 9.91. The predicted octanol–water partition coefficient (Wildman–Crippen LogP) is 2.58. The van der Waals surface area contributed by atoms with Gasteiger partial charge in [-0.25, -0.2) is 0 Å². The van der Waals surface area contributed by atoms with E-state index in [9.17, 15) is 4.79 Å². The Hall–Kier alpha value is -0.220. The van der Waals surface area contributed by atoms with Crippen molar-refractivity contribution in [3.63, 3.8) is 0 Å². The topological polar surface area (TPSA) is 52.3 Å². The second-order valence-corrected chi connectivity index (χ2v) is 6.63. The Balaban J connectivity index is 2.35. The number of carbonyl (C=O) groups is 1. The normalized spacial score (nSPS) is 28.5. The molecule has 100 valence electrons. The smallest absolute Gasteiger partial charge is 0.326 e. The third-order valence-electron chi connectivity index (χ3n) is 3.25. The fraction of sp³-hybridized carbons (Fsp3) is 0.923. The van der Waals surface area contributed by atoms with Crippen LogP contribution in [-0.2, 0) is 9.53 Å². The summed E-state index contributed by atoms with van der Waals surface area (Å²) in [6, 6.07) is 0. The van der Waals surface area contributed by atoms with Gasteiger partial charge >= 0.3 is 5.97 Å². The first-order chi connectivity index (χ1) is 7.95. The maximum absolute atomic E-state index is 11.6. The summed E-state index contributed by atoms with van der Waals surface area (Å²) in [4.78, 5) is 11.6. The highest BCUT2D eigenvalue weighted by atomic mass is 32.2. The number of hydrogen-bond donors (Lipinski definition) is 1. The standard InChI is InChI=1S/C13H25NO2S/c1-4-16-12(15)13(3,14)9-17-11-7-5-6-10(2)8-11/h10-11H,4-9,14H2,1-3H3. The monoisotopic (exact) mass is 259 g/mol. The zero-order valence-corrected chi connectivity index (χ0v) is 12.0. The predicted molar refractivity (Wildman–Crippen MR) is 73.1 cm³/mol. The molecule has 4 heteroatoms. The Morgan fingerprint density at radius 3 is 2.82 bits per heavy atom. The van der Waals surface area contributed by atoms with Crippen LogP contribution in [0.4, 0.5) is 0 Å². The molecule has 0 aromatic rings. The largest absolute Gasteiger partial charge is 0.465 e. The first kappa shape index (κ1) is 14.8. The van der Waals surface area contributed by atoms with Crippen molar-refractivity contribution in [2.75, 3.05) is 12.4 Å². The Labute approximate surface area is 109 Å². The lowest BCUT2D eigenvalue weighted by molar-refractivity contribution is -0.148. The van der Waals surface area contributed by atoms with E-state index in [2.05, 4.69) is 6.92 Å². The van der Waals surface area contributed by atoms with Crippen molar-refractivity contribution in [1.82, 2.24) is 0 Å². The van der Waals surface area contributed by atoms with Gasteiger partial charge in [-0.15, -0.1) is 0 Å². The number of thioether (sulfide) groups is 1. The minimum Gasteiger partial charge on any atom is -0.465 e. The molecular formula is C13H25NO2S. The lowest BCUT2D eigenvalue weighted by Gasteiger charge is -2.29. The molecule has 1 aliphatic rings. The van der Waals surface area contributed by atoms with Crippen molar-refractivity contribution in [2.45, 2.75) is 57.2 Å². The van der Waals surface area contributed by atoms with Gasteiger partial charge in [0.2, 0.25) is 0 Å². The highest BCUT2D eigenvalue weighted by Crippen LogP contribution is 2.33. The minimum absolute atomic E-state index is 0.281. The zero-order valence-electron chi connectivity index (χ0n) is 11.2. The van der Waals surface area contributed by atoms with Gasteiger partial charge < -0.3 is 10.5 Å². The quantitative estimate of drug-likeness (QED) is 0.771. The van der Waals surface area contributed by atoms with Gasteiger partial charge in [0.15, 0.2) is 0 Å². The summed E-state index contributed by atoms with van der Waals surface area (Å²) >= 11 is 1.84. The van der Waals surface area contributed by atoms with Gasteiger partial charge in [0.25, 0.3) is 0 Å². The maximum atomic E-state index is 11.6. The second-order valence-electron chi connectivity index (χ2n) is 5.34. The molecule has 1 saturated carbocycles. The molecule has 0 aliphatic heterocycles. The van der Waals surface area contributed by atoms with E-state index in [-0.39, 0.29) is 5.97 Å². The summed E-state index contributed by atoms with van der Waals surface area (Å²) in [5, 5.41) is 0.663. The second kappa shape index (κ2) is 6.64. The van der Waals surface area contributed by atoms with Crippen molar-refractivity contribution in [1.29, 1.82) is 0 Å². The van der Waals surface area contributed by atoms with Crippen LogP contribution in [-0.4, -0.2) is 29.1 Å². The fourth-order valence-corrected chi connectivity index (χ4v) is 3.67. The van der Waals surface area contributed by atoms with Crippen LogP contribution in [0.5, 0.6) is 0 Å². The molecule has 0 radical (unpaired) electrons. The Bertz CT molecular complexity index is 256. The molecule has 3 atom stereocenters. The summed E-state index contributed by atoms with van der Waals surface area (Å²) in [7, 11) is 0. The highest BCUT2D eigenvalue weighted by Gasteiger charge is 2.31.